The van der Waals surface area contributed by atoms with Gasteiger partial charge in [-0.05, 0) is 32.8 Å². The molecule has 0 atom stereocenters. The zero-order valence-electron chi connectivity index (χ0n) is 8.59. The molecule has 0 N–H and O–H groups in total. The summed E-state index contributed by atoms with van der Waals surface area (Å²) < 4.78 is 0. The second-order valence-electron chi connectivity index (χ2n) is 3.31. The summed E-state index contributed by atoms with van der Waals surface area (Å²) in [7, 11) is 5.47. The number of rotatable bonds is 3. The van der Waals surface area contributed by atoms with Gasteiger partial charge in [-0.1, -0.05) is 12.7 Å². The van der Waals surface area contributed by atoms with Crippen molar-refractivity contribution in [3.05, 3.63) is 22.8 Å². The normalized spacial score (nSPS) is 10.4. The Morgan fingerprint density at radius 1 is 1.08 bits per heavy atom. The van der Waals surface area contributed by atoms with E-state index in [0.717, 1.165) is 36.4 Å². The highest BCUT2D eigenvalue weighted by Crippen LogP contribution is 2.12. The van der Waals surface area contributed by atoms with Gasteiger partial charge in [0.1, 0.15) is 5.82 Å². The Labute approximate surface area is 81.2 Å². The van der Waals surface area contributed by atoms with Crippen LogP contribution in [0.5, 0.6) is 0 Å². The van der Waals surface area contributed by atoms with Crippen LogP contribution in [0.2, 0.25) is 6.32 Å². The quantitative estimate of drug-likeness (QED) is 0.654. The van der Waals surface area contributed by atoms with Crippen molar-refractivity contribution in [3.8, 4) is 0 Å². The van der Waals surface area contributed by atoms with Crippen molar-refractivity contribution < 1.29 is 0 Å². The monoisotopic (exact) mass is 174 g/mol. The van der Waals surface area contributed by atoms with Crippen LogP contribution in [0, 0.1) is 20.8 Å². The lowest BCUT2D eigenvalue weighted by molar-refractivity contribution is 0.847. The summed E-state index contributed by atoms with van der Waals surface area (Å²) in [6.07, 6.45) is 2.73. The first-order chi connectivity index (χ1) is 6.15. The van der Waals surface area contributed by atoms with Crippen LogP contribution in [-0.4, -0.2) is 17.8 Å². The Kier molecular flexibility index (Phi) is 3.46. The van der Waals surface area contributed by atoms with Crippen LogP contribution in [0.4, 0.5) is 0 Å². The van der Waals surface area contributed by atoms with Gasteiger partial charge in [-0.2, -0.15) is 0 Å². The van der Waals surface area contributed by atoms with Gasteiger partial charge in [0, 0.05) is 11.4 Å². The first-order valence-corrected chi connectivity index (χ1v) is 4.66. The Morgan fingerprint density at radius 2 is 1.62 bits per heavy atom. The molecule has 0 spiro atoms. The van der Waals surface area contributed by atoms with Crippen molar-refractivity contribution >= 4 is 7.85 Å². The molecule has 0 saturated carbocycles. The first kappa shape index (κ1) is 10.2. The van der Waals surface area contributed by atoms with E-state index in [2.05, 4.69) is 9.97 Å². The van der Waals surface area contributed by atoms with Crippen LogP contribution < -0.4 is 0 Å². The average molecular weight is 174 g/mol. The predicted molar refractivity (Wildman–Crippen MR) is 55.1 cm³/mol. The van der Waals surface area contributed by atoms with Gasteiger partial charge < -0.3 is 0 Å². The van der Waals surface area contributed by atoms with Crippen LogP contribution in [-0.2, 0) is 6.42 Å². The SMILES string of the molecule is [B]CCCc1c(C)nc(C)nc1C. The van der Waals surface area contributed by atoms with Crippen molar-refractivity contribution in [2.75, 3.05) is 0 Å². The van der Waals surface area contributed by atoms with E-state index >= 15 is 0 Å². The lowest BCUT2D eigenvalue weighted by atomic mass is 9.96. The second-order valence-corrected chi connectivity index (χ2v) is 3.31. The Bertz CT molecular complexity index is 274. The van der Waals surface area contributed by atoms with Gasteiger partial charge in [0.25, 0.3) is 0 Å². The van der Waals surface area contributed by atoms with E-state index in [9.17, 15) is 0 Å². The van der Waals surface area contributed by atoms with Crippen LogP contribution in [0.15, 0.2) is 0 Å². The molecular weight excluding hydrogens is 159 g/mol. The molecule has 0 fully saturated rings. The second kappa shape index (κ2) is 4.40. The highest BCUT2D eigenvalue weighted by atomic mass is 14.9. The van der Waals surface area contributed by atoms with Gasteiger partial charge >= 0.3 is 0 Å². The Morgan fingerprint density at radius 3 is 2.08 bits per heavy atom. The van der Waals surface area contributed by atoms with Gasteiger partial charge in [0.05, 0.1) is 7.85 Å². The number of aryl methyl sites for hydroxylation is 3. The van der Waals surface area contributed by atoms with Gasteiger partial charge in [-0.25, -0.2) is 9.97 Å². The number of hydrogen-bond acceptors (Lipinski definition) is 2. The molecular formula is C10H15BN2. The number of aromatic nitrogens is 2. The van der Waals surface area contributed by atoms with Crippen LogP contribution >= 0.6 is 0 Å². The smallest absolute Gasteiger partial charge is 0.125 e. The fourth-order valence-electron chi connectivity index (χ4n) is 1.55. The molecule has 3 heteroatoms. The van der Waals surface area contributed by atoms with E-state index in [1.165, 1.54) is 5.56 Å². The Balaban J connectivity index is 2.92. The number of hydrogen-bond donors (Lipinski definition) is 0. The molecule has 13 heavy (non-hydrogen) atoms. The summed E-state index contributed by atoms with van der Waals surface area (Å²) in [4.78, 5) is 8.67. The first-order valence-electron chi connectivity index (χ1n) is 4.66. The van der Waals surface area contributed by atoms with Crippen molar-refractivity contribution in [3.63, 3.8) is 0 Å². The third kappa shape index (κ3) is 2.54. The fourth-order valence-corrected chi connectivity index (χ4v) is 1.55. The molecule has 0 aliphatic heterocycles. The van der Waals surface area contributed by atoms with E-state index in [0.29, 0.717) is 0 Å². The van der Waals surface area contributed by atoms with Crippen LogP contribution in [0.25, 0.3) is 0 Å². The summed E-state index contributed by atoms with van der Waals surface area (Å²) >= 11 is 0. The van der Waals surface area contributed by atoms with E-state index < -0.39 is 0 Å². The maximum atomic E-state index is 5.47. The molecule has 1 heterocycles. The molecule has 0 aliphatic carbocycles. The van der Waals surface area contributed by atoms with Crippen molar-refractivity contribution in [2.24, 2.45) is 0 Å². The van der Waals surface area contributed by atoms with Crippen LogP contribution in [0.1, 0.15) is 29.2 Å². The molecule has 0 bridgehead atoms. The van der Waals surface area contributed by atoms with Crippen LogP contribution in [0.3, 0.4) is 0 Å². The van der Waals surface area contributed by atoms with Crippen molar-refractivity contribution in [1.29, 1.82) is 0 Å². The van der Waals surface area contributed by atoms with E-state index in [1.807, 2.05) is 20.8 Å². The minimum Gasteiger partial charge on any atom is -0.238 e. The summed E-state index contributed by atoms with van der Waals surface area (Å²) in [5, 5.41) is 0. The molecule has 1 aromatic heterocycles. The highest BCUT2D eigenvalue weighted by molar-refractivity contribution is 6.08. The van der Waals surface area contributed by atoms with Gasteiger partial charge in [-0.15, -0.1) is 0 Å². The van der Waals surface area contributed by atoms with E-state index in [1.54, 1.807) is 0 Å². The van der Waals surface area contributed by atoms with Gasteiger partial charge in [-0.3, -0.25) is 0 Å². The van der Waals surface area contributed by atoms with Crippen molar-refractivity contribution in [1.82, 2.24) is 9.97 Å². The molecule has 2 nitrogen and oxygen atoms in total. The maximum Gasteiger partial charge on any atom is 0.125 e. The lowest BCUT2D eigenvalue weighted by Gasteiger charge is -2.08. The summed E-state index contributed by atoms with van der Waals surface area (Å²) in [5.74, 6) is 0.853. The molecule has 0 saturated heterocycles. The Hall–Kier alpha value is -0.855. The third-order valence-electron chi connectivity index (χ3n) is 2.16. The zero-order chi connectivity index (χ0) is 9.84. The predicted octanol–water partition coefficient (Wildman–Crippen LogP) is 1.92. The molecule has 1 rings (SSSR count). The third-order valence-corrected chi connectivity index (χ3v) is 2.16. The minimum absolute atomic E-state index is 0.729. The van der Waals surface area contributed by atoms with Gasteiger partial charge in [0.15, 0.2) is 0 Å². The maximum absolute atomic E-state index is 5.47. The number of nitrogens with zero attached hydrogens (tertiary/aromatic N) is 2. The average Bonchev–Trinajstić information content (AvgIpc) is 2.02. The highest BCUT2D eigenvalue weighted by Gasteiger charge is 2.05. The lowest BCUT2D eigenvalue weighted by Crippen LogP contribution is -2.02. The molecule has 0 amide bonds. The molecule has 1 aromatic rings. The fraction of sp³-hybridized carbons (Fsp3) is 0.600. The standard InChI is InChI=1S/C10H15BN2/c1-7-10(5-4-6-11)8(2)13-9(3)12-7/h4-6H2,1-3H3. The van der Waals surface area contributed by atoms with Gasteiger partial charge in [0.2, 0.25) is 0 Å². The summed E-state index contributed by atoms with van der Waals surface area (Å²) in [6, 6.07) is 0. The molecule has 0 aromatic carbocycles. The molecule has 2 radical (unpaired) electrons. The van der Waals surface area contributed by atoms with E-state index in [4.69, 9.17) is 7.85 Å². The van der Waals surface area contributed by atoms with Crippen molar-refractivity contribution in [2.45, 2.75) is 39.9 Å². The molecule has 0 aliphatic rings. The molecule has 0 unspecified atom stereocenters. The summed E-state index contributed by atoms with van der Waals surface area (Å²) in [5.41, 5.74) is 3.45. The topological polar surface area (TPSA) is 25.8 Å². The summed E-state index contributed by atoms with van der Waals surface area (Å²) in [6.45, 7) is 5.99. The minimum atomic E-state index is 0.729. The molecule has 68 valence electrons. The largest absolute Gasteiger partial charge is 0.238 e. The van der Waals surface area contributed by atoms with E-state index in [-0.39, 0.29) is 0 Å². The zero-order valence-corrected chi connectivity index (χ0v) is 8.59.